The zero-order valence-corrected chi connectivity index (χ0v) is 18.7. The summed E-state index contributed by atoms with van der Waals surface area (Å²) in [6.45, 7) is 7.97. The summed E-state index contributed by atoms with van der Waals surface area (Å²) in [5, 5.41) is 2.88. The lowest BCUT2D eigenvalue weighted by molar-refractivity contribution is -0.117. The molecule has 2 aromatic carbocycles. The van der Waals surface area contributed by atoms with E-state index in [0.717, 1.165) is 11.3 Å². The van der Waals surface area contributed by atoms with Gasteiger partial charge in [-0.3, -0.25) is 9.69 Å². The number of para-hydroxylation sites is 1. The van der Waals surface area contributed by atoms with E-state index in [9.17, 15) is 13.2 Å². The molecular formula is C23H31N3O3S. The number of hydrogen-bond acceptors (Lipinski definition) is 4. The Kier molecular flexibility index (Phi) is 6.95. The number of nitrogens with one attached hydrogen (secondary N) is 2. The van der Waals surface area contributed by atoms with Gasteiger partial charge < -0.3 is 5.32 Å². The molecule has 0 bridgehead atoms. The number of carbonyl (C=O) groups excluding carboxylic acids is 1. The van der Waals surface area contributed by atoms with Crippen LogP contribution in [0.1, 0.15) is 39.2 Å². The fourth-order valence-corrected chi connectivity index (χ4v) is 4.86. The number of anilines is 1. The minimum atomic E-state index is -3.55. The maximum absolute atomic E-state index is 12.7. The highest BCUT2D eigenvalue weighted by Gasteiger charge is 2.26. The zero-order chi connectivity index (χ0) is 21.8. The summed E-state index contributed by atoms with van der Waals surface area (Å²) in [5.74, 6) is -0.0563. The van der Waals surface area contributed by atoms with Crippen LogP contribution >= 0.6 is 0 Å². The van der Waals surface area contributed by atoms with Gasteiger partial charge in [0.15, 0.2) is 0 Å². The van der Waals surface area contributed by atoms with Crippen molar-refractivity contribution in [3.8, 4) is 0 Å². The van der Waals surface area contributed by atoms with Gasteiger partial charge in [0.1, 0.15) is 0 Å². The van der Waals surface area contributed by atoms with E-state index in [1.54, 1.807) is 12.1 Å². The Bertz CT molecular complexity index is 943. The van der Waals surface area contributed by atoms with Gasteiger partial charge in [-0.25, -0.2) is 13.1 Å². The van der Waals surface area contributed by atoms with E-state index >= 15 is 0 Å². The van der Waals surface area contributed by atoms with E-state index in [4.69, 9.17) is 0 Å². The van der Waals surface area contributed by atoms with Crippen LogP contribution in [0.15, 0.2) is 59.5 Å². The third-order valence-electron chi connectivity index (χ3n) is 5.36. The molecule has 0 saturated carbocycles. The quantitative estimate of drug-likeness (QED) is 0.738. The Balaban J connectivity index is 1.49. The molecular weight excluding hydrogens is 398 g/mol. The van der Waals surface area contributed by atoms with Crippen LogP contribution in [0.5, 0.6) is 0 Å². The first-order valence-corrected chi connectivity index (χ1v) is 11.8. The Morgan fingerprint density at radius 2 is 1.60 bits per heavy atom. The van der Waals surface area contributed by atoms with Gasteiger partial charge in [-0.1, -0.05) is 51.1 Å². The Labute approximate surface area is 179 Å². The van der Waals surface area contributed by atoms with Gasteiger partial charge in [0.25, 0.3) is 0 Å². The van der Waals surface area contributed by atoms with Crippen LogP contribution in [-0.2, 0) is 20.2 Å². The molecule has 2 N–H and O–H groups in total. The fourth-order valence-electron chi connectivity index (χ4n) is 3.56. The van der Waals surface area contributed by atoms with E-state index in [1.165, 1.54) is 0 Å². The molecule has 1 aliphatic rings. The van der Waals surface area contributed by atoms with Crippen LogP contribution in [-0.4, -0.2) is 44.9 Å². The normalized spacial score (nSPS) is 16.4. The summed E-state index contributed by atoms with van der Waals surface area (Å²) in [6.07, 6.45) is 1.36. The zero-order valence-electron chi connectivity index (χ0n) is 17.9. The Morgan fingerprint density at radius 1 is 1.00 bits per heavy atom. The van der Waals surface area contributed by atoms with Gasteiger partial charge in [0, 0.05) is 24.8 Å². The first kappa shape index (κ1) is 22.5. The topological polar surface area (TPSA) is 78.5 Å². The number of nitrogens with zero attached hydrogens (tertiary/aromatic N) is 1. The van der Waals surface area contributed by atoms with Gasteiger partial charge >= 0.3 is 0 Å². The molecule has 1 amide bonds. The molecule has 0 atom stereocenters. The Morgan fingerprint density at radius 3 is 2.17 bits per heavy atom. The molecule has 7 heteroatoms. The van der Waals surface area contributed by atoms with Crippen molar-refractivity contribution in [3.05, 3.63) is 60.2 Å². The van der Waals surface area contributed by atoms with Crippen LogP contribution in [0.2, 0.25) is 0 Å². The summed E-state index contributed by atoms with van der Waals surface area (Å²) < 4.78 is 28.3. The maximum atomic E-state index is 12.7. The minimum absolute atomic E-state index is 0.0185. The van der Waals surface area contributed by atoms with Crippen molar-refractivity contribution < 1.29 is 13.2 Å². The lowest BCUT2D eigenvalue weighted by Crippen LogP contribution is -2.46. The van der Waals surface area contributed by atoms with Crippen LogP contribution in [0.4, 0.5) is 5.69 Å². The van der Waals surface area contributed by atoms with Crippen molar-refractivity contribution >= 4 is 21.6 Å². The standard InChI is InChI=1S/C23H31N3O3S/c1-23(2,3)18-9-11-21(12-10-18)30(28,29)25-20-13-15-26(16-14-20)17-22(27)24-19-7-5-4-6-8-19/h4-12,20,25H,13-17H2,1-3H3,(H,24,27). The van der Waals surface area contributed by atoms with Gasteiger partial charge in [0.05, 0.1) is 11.4 Å². The van der Waals surface area contributed by atoms with Gasteiger partial charge in [-0.05, 0) is 48.1 Å². The second-order valence-corrected chi connectivity index (χ2v) is 10.6. The number of piperidine rings is 1. The highest BCUT2D eigenvalue weighted by Crippen LogP contribution is 2.24. The number of likely N-dealkylation sites (tertiary alicyclic amines) is 1. The molecule has 6 nitrogen and oxygen atoms in total. The third kappa shape index (κ3) is 6.14. The first-order chi connectivity index (χ1) is 14.1. The van der Waals surface area contributed by atoms with E-state index < -0.39 is 10.0 Å². The van der Waals surface area contributed by atoms with Crippen LogP contribution in [0.25, 0.3) is 0 Å². The highest BCUT2D eigenvalue weighted by molar-refractivity contribution is 7.89. The van der Waals surface area contributed by atoms with Gasteiger partial charge in [-0.2, -0.15) is 0 Å². The molecule has 1 fully saturated rings. The number of amides is 1. The van der Waals surface area contributed by atoms with Crippen LogP contribution in [0.3, 0.4) is 0 Å². The second-order valence-electron chi connectivity index (χ2n) is 8.86. The van der Waals surface area contributed by atoms with Crippen molar-refractivity contribution in [2.45, 2.75) is 50.0 Å². The SMILES string of the molecule is CC(C)(C)c1ccc(S(=O)(=O)NC2CCN(CC(=O)Nc3ccccc3)CC2)cc1. The second kappa shape index (κ2) is 9.29. The first-order valence-electron chi connectivity index (χ1n) is 10.3. The average molecular weight is 430 g/mol. The molecule has 3 rings (SSSR count). The minimum Gasteiger partial charge on any atom is -0.325 e. The van der Waals surface area contributed by atoms with Gasteiger partial charge in [-0.15, -0.1) is 0 Å². The molecule has 0 aromatic heterocycles. The van der Waals surface area contributed by atoms with Crippen molar-refractivity contribution in [1.29, 1.82) is 0 Å². The summed E-state index contributed by atoms with van der Waals surface area (Å²) >= 11 is 0. The summed E-state index contributed by atoms with van der Waals surface area (Å²) in [7, 11) is -3.55. The van der Waals surface area contributed by atoms with Crippen molar-refractivity contribution in [2.75, 3.05) is 25.0 Å². The summed E-state index contributed by atoms with van der Waals surface area (Å²) in [4.78, 5) is 14.6. The molecule has 30 heavy (non-hydrogen) atoms. The van der Waals surface area contributed by atoms with Crippen molar-refractivity contribution in [1.82, 2.24) is 9.62 Å². The van der Waals surface area contributed by atoms with E-state index in [0.29, 0.717) is 37.4 Å². The fraction of sp³-hybridized carbons (Fsp3) is 0.435. The molecule has 1 aliphatic heterocycles. The molecule has 0 radical (unpaired) electrons. The lowest BCUT2D eigenvalue weighted by atomic mass is 9.87. The molecule has 0 spiro atoms. The largest absolute Gasteiger partial charge is 0.325 e. The molecule has 1 heterocycles. The van der Waals surface area contributed by atoms with E-state index in [2.05, 4.69) is 35.7 Å². The average Bonchev–Trinajstić information content (AvgIpc) is 2.69. The molecule has 0 unspecified atom stereocenters. The maximum Gasteiger partial charge on any atom is 0.240 e. The number of carbonyl (C=O) groups is 1. The highest BCUT2D eigenvalue weighted by atomic mass is 32.2. The molecule has 0 aliphatic carbocycles. The monoisotopic (exact) mass is 429 g/mol. The smallest absolute Gasteiger partial charge is 0.240 e. The lowest BCUT2D eigenvalue weighted by Gasteiger charge is -2.31. The van der Waals surface area contributed by atoms with Crippen molar-refractivity contribution in [2.24, 2.45) is 0 Å². The molecule has 1 saturated heterocycles. The number of hydrogen-bond donors (Lipinski definition) is 2. The molecule has 2 aromatic rings. The summed E-state index contributed by atoms with van der Waals surface area (Å²) in [6, 6.07) is 16.3. The van der Waals surface area contributed by atoms with Crippen molar-refractivity contribution in [3.63, 3.8) is 0 Å². The number of benzene rings is 2. The van der Waals surface area contributed by atoms with Crippen LogP contribution in [0, 0.1) is 0 Å². The Hall–Kier alpha value is -2.22. The predicted octanol–water partition coefficient (Wildman–Crippen LogP) is 3.37. The molecule has 162 valence electrons. The van der Waals surface area contributed by atoms with Crippen LogP contribution < -0.4 is 10.0 Å². The summed E-state index contributed by atoms with van der Waals surface area (Å²) in [5.41, 5.74) is 1.86. The number of rotatable bonds is 6. The predicted molar refractivity (Wildman–Crippen MR) is 120 cm³/mol. The number of sulfonamides is 1. The van der Waals surface area contributed by atoms with E-state index in [-0.39, 0.29) is 17.4 Å². The third-order valence-corrected chi connectivity index (χ3v) is 6.90. The van der Waals surface area contributed by atoms with Gasteiger partial charge in [0.2, 0.25) is 15.9 Å². The van der Waals surface area contributed by atoms with E-state index in [1.807, 2.05) is 42.5 Å².